The van der Waals surface area contributed by atoms with Crippen molar-refractivity contribution in [3.63, 3.8) is 0 Å². The van der Waals surface area contributed by atoms with Gasteiger partial charge in [-0.1, -0.05) is 24.2 Å². The van der Waals surface area contributed by atoms with Crippen LogP contribution in [-0.2, 0) is 10.0 Å². The molecule has 1 aromatic heterocycles. The minimum Gasteiger partial charge on any atom is -0.390 e. The summed E-state index contributed by atoms with van der Waals surface area (Å²) in [7, 11) is -3.64. The number of aryl methyl sites for hydroxylation is 1. The van der Waals surface area contributed by atoms with Gasteiger partial charge < -0.3 is 10.1 Å². The number of aromatic nitrogens is 1. The Morgan fingerprint density at radius 2 is 2.14 bits per heavy atom. The van der Waals surface area contributed by atoms with Crippen LogP contribution in [0.4, 0.5) is 0 Å². The summed E-state index contributed by atoms with van der Waals surface area (Å²) >= 11 is 0.740. The van der Waals surface area contributed by atoms with Gasteiger partial charge in [-0.25, -0.2) is 8.42 Å². The van der Waals surface area contributed by atoms with Crippen LogP contribution in [0.1, 0.15) is 37.8 Å². The largest absolute Gasteiger partial charge is 0.390 e. The number of fused-ring (bicyclic) bond motifs is 1. The van der Waals surface area contributed by atoms with Gasteiger partial charge in [0.25, 0.3) is 10.0 Å². The molecule has 3 rings (SSSR count). The lowest BCUT2D eigenvalue weighted by Gasteiger charge is -2.46. The van der Waals surface area contributed by atoms with Crippen molar-refractivity contribution in [1.82, 2.24) is 9.29 Å². The summed E-state index contributed by atoms with van der Waals surface area (Å²) in [5, 5.41) is 10.6. The lowest BCUT2D eigenvalue weighted by Crippen LogP contribution is -2.54. The number of sulfonamides is 1. The highest BCUT2D eigenvalue weighted by Crippen LogP contribution is 2.41. The van der Waals surface area contributed by atoms with Gasteiger partial charge in [-0.15, -0.1) is 0 Å². The number of H-pyrrole nitrogens is 1. The van der Waals surface area contributed by atoms with E-state index >= 15 is 0 Å². The van der Waals surface area contributed by atoms with Crippen molar-refractivity contribution in [3.05, 3.63) is 15.4 Å². The van der Waals surface area contributed by atoms with Gasteiger partial charge in [-0.2, -0.15) is 4.31 Å². The van der Waals surface area contributed by atoms with E-state index in [1.54, 1.807) is 6.92 Å². The Morgan fingerprint density at radius 3 is 2.81 bits per heavy atom. The molecule has 2 unspecified atom stereocenters. The molecule has 8 heteroatoms. The first-order valence-corrected chi connectivity index (χ1v) is 9.51. The predicted octanol–water partition coefficient (Wildman–Crippen LogP) is 1.06. The molecule has 2 N–H and O–H groups in total. The molecule has 1 aliphatic heterocycles. The Bertz CT molecular complexity index is 693. The fourth-order valence-corrected chi connectivity index (χ4v) is 6.43. The Kier molecular flexibility index (Phi) is 3.76. The molecule has 1 aromatic rings. The average molecular weight is 332 g/mol. The second-order valence-corrected chi connectivity index (χ2v) is 9.20. The number of nitrogens with zero attached hydrogens (tertiary/aromatic N) is 1. The van der Waals surface area contributed by atoms with Crippen LogP contribution >= 0.6 is 11.3 Å². The molecule has 21 heavy (non-hydrogen) atoms. The van der Waals surface area contributed by atoms with Gasteiger partial charge in [0.05, 0.1) is 5.60 Å². The zero-order chi connectivity index (χ0) is 15.3. The number of piperidine rings is 1. The second-order valence-electron chi connectivity index (χ2n) is 6.09. The van der Waals surface area contributed by atoms with Crippen molar-refractivity contribution in [2.24, 2.45) is 5.92 Å². The van der Waals surface area contributed by atoms with E-state index in [2.05, 4.69) is 4.98 Å². The number of aromatic amines is 1. The number of thiazole rings is 1. The molecule has 1 saturated heterocycles. The number of hydrogen-bond donors (Lipinski definition) is 2. The number of rotatable bonds is 2. The van der Waals surface area contributed by atoms with Crippen LogP contribution in [0.2, 0.25) is 0 Å². The van der Waals surface area contributed by atoms with Gasteiger partial charge >= 0.3 is 4.87 Å². The summed E-state index contributed by atoms with van der Waals surface area (Å²) < 4.78 is 26.9. The highest BCUT2D eigenvalue weighted by atomic mass is 32.2. The van der Waals surface area contributed by atoms with E-state index in [1.165, 1.54) is 4.31 Å². The summed E-state index contributed by atoms with van der Waals surface area (Å²) in [6.45, 7) is 2.27. The maximum atomic E-state index is 12.7. The zero-order valence-electron chi connectivity index (χ0n) is 12.0. The number of nitrogens with one attached hydrogen (secondary N) is 1. The normalized spacial score (nSPS) is 31.0. The molecule has 0 spiro atoms. The van der Waals surface area contributed by atoms with E-state index in [0.29, 0.717) is 25.2 Å². The van der Waals surface area contributed by atoms with Gasteiger partial charge in [0.1, 0.15) is 0 Å². The van der Waals surface area contributed by atoms with Crippen molar-refractivity contribution < 1.29 is 13.5 Å². The van der Waals surface area contributed by atoms with E-state index in [9.17, 15) is 18.3 Å². The summed E-state index contributed by atoms with van der Waals surface area (Å²) in [6, 6.07) is 0. The fraction of sp³-hybridized carbons (Fsp3) is 0.769. The molecule has 0 amide bonds. The quantitative estimate of drug-likeness (QED) is 0.847. The van der Waals surface area contributed by atoms with E-state index in [-0.39, 0.29) is 15.0 Å². The molecule has 1 aliphatic carbocycles. The molecule has 6 nitrogen and oxygen atoms in total. The van der Waals surface area contributed by atoms with Crippen LogP contribution < -0.4 is 4.87 Å². The van der Waals surface area contributed by atoms with Crippen molar-refractivity contribution in [2.45, 2.75) is 48.8 Å². The van der Waals surface area contributed by atoms with Crippen molar-refractivity contribution >= 4 is 21.4 Å². The number of hydrogen-bond acceptors (Lipinski definition) is 5. The predicted molar refractivity (Wildman–Crippen MR) is 80.0 cm³/mol. The van der Waals surface area contributed by atoms with E-state index in [4.69, 9.17) is 0 Å². The van der Waals surface area contributed by atoms with Crippen molar-refractivity contribution in [2.75, 3.05) is 13.1 Å². The average Bonchev–Trinajstić information content (AvgIpc) is 2.77. The summed E-state index contributed by atoms with van der Waals surface area (Å²) in [5.74, 6) is 0.00532. The molecule has 2 fully saturated rings. The molecule has 2 atom stereocenters. The van der Waals surface area contributed by atoms with Crippen LogP contribution in [0.15, 0.2) is 9.00 Å². The Morgan fingerprint density at radius 1 is 1.38 bits per heavy atom. The third-order valence-electron chi connectivity index (χ3n) is 4.75. The minimum absolute atomic E-state index is 0.00532. The van der Waals surface area contributed by atoms with Gasteiger partial charge in [0.15, 0.2) is 4.21 Å². The third kappa shape index (κ3) is 2.58. The molecule has 2 heterocycles. The zero-order valence-corrected chi connectivity index (χ0v) is 13.6. The van der Waals surface area contributed by atoms with Crippen LogP contribution in [0.25, 0.3) is 0 Å². The highest BCUT2D eigenvalue weighted by molar-refractivity contribution is 7.91. The van der Waals surface area contributed by atoms with E-state index < -0.39 is 15.6 Å². The first kappa shape index (κ1) is 15.2. The van der Waals surface area contributed by atoms with E-state index in [0.717, 1.165) is 37.0 Å². The topological polar surface area (TPSA) is 90.5 Å². The van der Waals surface area contributed by atoms with Crippen molar-refractivity contribution in [1.29, 1.82) is 0 Å². The number of aliphatic hydroxyl groups is 1. The van der Waals surface area contributed by atoms with Crippen LogP contribution in [0, 0.1) is 12.8 Å². The monoisotopic (exact) mass is 332 g/mol. The van der Waals surface area contributed by atoms with Crippen molar-refractivity contribution in [3.8, 4) is 0 Å². The van der Waals surface area contributed by atoms with Gasteiger partial charge in [0.2, 0.25) is 0 Å². The van der Waals surface area contributed by atoms with Gasteiger partial charge in [-0.3, -0.25) is 4.79 Å². The highest BCUT2D eigenvalue weighted by Gasteiger charge is 2.46. The third-order valence-corrected chi connectivity index (χ3v) is 8.19. The fourth-order valence-electron chi connectivity index (χ4n) is 3.51. The molecule has 2 aliphatic rings. The van der Waals surface area contributed by atoms with Crippen LogP contribution in [0.5, 0.6) is 0 Å². The smallest absolute Gasteiger partial charge is 0.305 e. The molecule has 0 aromatic carbocycles. The maximum Gasteiger partial charge on any atom is 0.305 e. The summed E-state index contributed by atoms with van der Waals surface area (Å²) in [5.41, 5.74) is -0.306. The molecular formula is C13H20N2O4S2. The van der Waals surface area contributed by atoms with Crippen LogP contribution in [0.3, 0.4) is 0 Å². The minimum atomic E-state index is -3.64. The lowest BCUT2D eigenvalue weighted by atomic mass is 9.72. The first-order chi connectivity index (χ1) is 9.83. The van der Waals surface area contributed by atoms with Crippen LogP contribution in [-0.4, -0.2) is 41.5 Å². The lowest BCUT2D eigenvalue weighted by molar-refractivity contribution is -0.0816. The van der Waals surface area contributed by atoms with E-state index in [1.807, 2.05) is 0 Å². The summed E-state index contributed by atoms with van der Waals surface area (Å²) in [4.78, 5) is 13.5. The summed E-state index contributed by atoms with van der Waals surface area (Å²) in [6.07, 6.45) is 4.16. The van der Waals surface area contributed by atoms with Gasteiger partial charge in [-0.05, 0) is 26.2 Å². The molecule has 0 bridgehead atoms. The maximum absolute atomic E-state index is 12.7. The molecular weight excluding hydrogens is 312 g/mol. The molecule has 0 radical (unpaired) electrons. The first-order valence-electron chi connectivity index (χ1n) is 7.25. The molecule has 1 saturated carbocycles. The Hall–Kier alpha value is -0.700. The molecule has 118 valence electrons. The SMILES string of the molecule is Cc1[nH]c(=O)sc1S(=O)(=O)N1CCC2(O)CCCCC2C1. The second kappa shape index (κ2) is 5.19. The van der Waals surface area contributed by atoms with Gasteiger partial charge in [0, 0.05) is 24.7 Å². The standard InChI is InChI=1S/C13H20N2O4S2/c1-9-11(20-12(16)14-9)21(18,19)15-7-6-13(17)5-3-2-4-10(13)8-15/h10,17H,2-8H2,1H3,(H,14,16). The Balaban J connectivity index is 1.88. The Labute approximate surface area is 127 Å².